The van der Waals surface area contributed by atoms with Crippen LogP contribution in [-0.4, -0.2) is 32.5 Å². The van der Waals surface area contributed by atoms with Gasteiger partial charge >= 0.3 is 0 Å². The number of nitrogens with zero attached hydrogens (tertiary/aromatic N) is 1. The van der Waals surface area contributed by atoms with Crippen molar-refractivity contribution in [2.75, 3.05) is 13.1 Å². The Morgan fingerprint density at radius 3 is 2.85 bits per heavy atom. The largest absolute Gasteiger partial charge is 0.313 e. The summed E-state index contributed by atoms with van der Waals surface area (Å²) in [4.78, 5) is 10.1. The summed E-state index contributed by atoms with van der Waals surface area (Å²) in [5.74, 6) is 0. The lowest BCUT2D eigenvalue weighted by Gasteiger charge is -2.13. The topological polar surface area (TPSA) is 101 Å². The van der Waals surface area contributed by atoms with E-state index in [0.29, 0.717) is 5.56 Å². The van der Waals surface area contributed by atoms with E-state index in [0.717, 1.165) is 19.4 Å². The molecule has 8 heteroatoms. The monoisotopic (exact) mass is 299 g/mol. The fraction of sp³-hybridized carbons (Fsp3) is 0.500. The highest BCUT2D eigenvalue weighted by atomic mass is 32.2. The van der Waals surface area contributed by atoms with Crippen LogP contribution in [0.5, 0.6) is 0 Å². The van der Waals surface area contributed by atoms with Crippen LogP contribution in [0.25, 0.3) is 0 Å². The molecule has 1 saturated heterocycles. The molecule has 0 amide bonds. The first kappa shape index (κ1) is 14.9. The average Bonchev–Trinajstić information content (AvgIpc) is 2.89. The van der Waals surface area contributed by atoms with E-state index in [4.69, 9.17) is 0 Å². The summed E-state index contributed by atoms with van der Waals surface area (Å²) in [5, 5.41) is 14.2. The van der Waals surface area contributed by atoms with Gasteiger partial charge in [0.2, 0.25) is 10.0 Å². The lowest BCUT2D eigenvalue weighted by atomic mass is 10.2. The fourth-order valence-corrected chi connectivity index (χ4v) is 3.82. The van der Waals surface area contributed by atoms with Crippen LogP contribution in [0.1, 0.15) is 18.4 Å². The predicted molar refractivity (Wildman–Crippen MR) is 74.0 cm³/mol. The molecule has 1 heterocycles. The van der Waals surface area contributed by atoms with Crippen molar-refractivity contribution in [3.63, 3.8) is 0 Å². The summed E-state index contributed by atoms with van der Waals surface area (Å²) in [6, 6.07) is 4.32. The van der Waals surface area contributed by atoms with Gasteiger partial charge in [-0.15, -0.1) is 0 Å². The second-order valence-electron chi connectivity index (χ2n) is 4.83. The van der Waals surface area contributed by atoms with E-state index >= 15 is 0 Å². The average molecular weight is 299 g/mol. The molecule has 2 rings (SSSR count). The van der Waals surface area contributed by atoms with Crippen molar-refractivity contribution < 1.29 is 13.3 Å². The number of nitrogens with one attached hydrogen (secondary N) is 2. The van der Waals surface area contributed by atoms with Crippen molar-refractivity contribution in [3.05, 3.63) is 33.9 Å². The molecule has 1 aliphatic heterocycles. The molecule has 0 aromatic heterocycles. The Hall–Kier alpha value is -1.51. The van der Waals surface area contributed by atoms with Gasteiger partial charge in [-0.05, 0) is 31.9 Å². The summed E-state index contributed by atoms with van der Waals surface area (Å²) in [7, 11) is -3.89. The second-order valence-corrected chi connectivity index (χ2v) is 6.53. The van der Waals surface area contributed by atoms with Crippen LogP contribution in [-0.2, 0) is 10.0 Å². The summed E-state index contributed by atoms with van der Waals surface area (Å²) in [6.45, 7) is 2.67. The Balaban J connectivity index is 2.26. The Labute approximate surface area is 117 Å². The number of hydrogen-bond acceptors (Lipinski definition) is 5. The van der Waals surface area contributed by atoms with Gasteiger partial charge in [-0.1, -0.05) is 12.1 Å². The maximum absolute atomic E-state index is 12.3. The zero-order valence-corrected chi connectivity index (χ0v) is 11.9. The number of aryl methyl sites for hydroxylation is 1. The van der Waals surface area contributed by atoms with Gasteiger partial charge in [0.15, 0.2) is 4.90 Å². The number of nitro groups is 1. The predicted octanol–water partition coefficient (Wildman–Crippen LogP) is 0.934. The first-order chi connectivity index (χ1) is 9.42. The highest BCUT2D eigenvalue weighted by Gasteiger charge is 2.28. The molecule has 1 aromatic rings. The summed E-state index contributed by atoms with van der Waals surface area (Å²) < 4.78 is 27.0. The molecular formula is C12H17N3O4S. The second kappa shape index (κ2) is 5.86. The Morgan fingerprint density at radius 2 is 2.25 bits per heavy atom. The SMILES string of the molecule is Cc1cccc([N+](=O)[O-])c1S(=O)(=O)NCC1CCCN1. The van der Waals surface area contributed by atoms with Crippen LogP contribution in [0.3, 0.4) is 0 Å². The third-order valence-corrected chi connectivity index (χ3v) is 4.95. The quantitative estimate of drug-likeness (QED) is 0.622. The molecule has 0 bridgehead atoms. The molecule has 0 radical (unpaired) electrons. The van der Waals surface area contributed by atoms with Gasteiger partial charge in [-0.25, -0.2) is 13.1 Å². The zero-order valence-electron chi connectivity index (χ0n) is 11.1. The molecular weight excluding hydrogens is 282 g/mol. The van der Waals surface area contributed by atoms with Crippen molar-refractivity contribution in [3.8, 4) is 0 Å². The van der Waals surface area contributed by atoms with Crippen molar-refractivity contribution >= 4 is 15.7 Å². The van der Waals surface area contributed by atoms with Gasteiger partial charge in [0.25, 0.3) is 5.69 Å². The molecule has 0 aliphatic carbocycles. The van der Waals surface area contributed by atoms with E-state index < -0.39 is 20.6 Å². The molecule has 0 saturated carbocycles. The Kier molecular flexibility index (Phi) is 4.36. The van der Waals surface area contributed by atoms with Gasteiger partial charge in [0, 0.05) is 18.7 Å². The van der Waals surface area contributed by atoms with Crippen LogP contribution >= 0.6 is 0 Å². The van der Waals surface area contributed by atoms with Gasteiger partial charge in [0.05, 0.1) is 4.92 Å². The van der Waals surface area contributed by atoms with Crippen LogP contribution in [0.4, 0.5) is 5.69 Å². The molecule has 20 heavy (non-hydrogen) atoms. The maximum Gasteiger partial charge on any atom is 0.289 e. The standard InChI is InChI=1S/C12H17N3O4S/c1-9-4-2-6-11(15(16)17)12(9)20(18,19)14-8-10-5-3-7-13-10/h2,4,6,10,13-14H,3,5,7-8H2,1H3. The van der Waals surface area contributed by atoms with Crippen molar-refractivity contribution in [2.24, 2.45) is 0 Å². The van der Waals surface area contributed by atoms with Crippen LogP contribution < -0.4 is 10.0 Å². The highest BCUT2D eigenvalue weighted by Crippen LogP contribution is 2.26. The third-order valence-electron chi connectivity index (χ3n) is 3.34. The van der Waals surface area contributed by atoms with E-state index in [2.05, 4.69) is 10.0 Å². The number of nitro benzene ring substituents is 1. The van der Waals surface area contributed by atoms with E-state index in [-0.39, 0.29) is 17.5 Å². The molecule has 1 unspecified atom stereocenters. The van der Waals surface area contributed by atoms with Crippen LogP contribution in [0.15, 0.2) is 23.1 Å². The highest BCUT2D eigenvalue weighted by molar-refractivity contribution is 7.89. The van der Waals surface area contributed by atoms with Crippen LogP contribution in [0, 0.1) is 17.0 Å². The molecule has 7 nitrogen and oxygen atoms in total. The molecule has 1 aromatic carbocycles. The first-order valence-electron chi connectivity index (χ1n) is 6.39. The van der Waals surface area contributed by atoms with Crippen molar-refractivity contribution in [2.45, 2.75) is 30.7 Å². The minimum absolute atomic E-state index is 0.0906. The van der Waals surface area contributed by atoms with Crippen LogP contribution in [0.2, 0.25) is 0 Å². The first-order valence-corrected chi connectivity index (χ1v) is 7.87. The third kappa shape index (κ3) is 3.14. The minimum Gasteiger partial charge on any atom is -0.313 e. The summed E-state index contributed by atoms with van der Waals surface area (Å²) in [6.07, 6.45) is 1.91. The Bertz CT molecular complexity index is 609. The summed E-state index contributed by atoms with van der Waals surface area (Å²) in [5.41, 5.74) is -0.0250. The Morgan fingerprint density at radius 1 is 1.50 bits per heavy atom. The lowest BCUT2D eigenvalue weighted by molar-refractivity contribution is -0.387. The van der Waals surface area contributed by atoms with Gasteiger partial charge in [-0.2, -0.15) is 0 Å². The lowest BCUT2D eigenvalue weighted by Crippen LogP contribution is -2.37. The molecule has 1 fully saturated rings. The number of sulfonamides is 1. The number of hydrogen-bond donors (Lipinski definition) is 2. The fourth-order valence-electron chi connectivity index (χ4n) is 2.34. The molecule has 0 spiro atoms. The van der Waals surface area contributed by atoms with Gasteiger partial charge in [0.1, 0.15) is 0 Å². The van der Waals surface area contributed by atoms with E-state index in [1.807, 2.05) is 0 Å². The van der Waals surface area contributed by atoms with Gasteiger partial charge in [-0.3, -0.25) is 10.1 Å². The molecule has 110 valence electrons. The van der Waals surface area contributed by atoms with Crippen molar-refractivity contribution in [1.82, 2.24) is 10.0 Å². The minimum atomic E-state index is -3.89. The summed E-state index contributed by atoms with van der Waals surface area (Å²) >= 11 is 0. The number of benzene rings is 1. The normalized spacial score (nSPS) is 19.1. The van der Waals surface area contributed by atoms with Gasteiger partial charge < -0.3 is 5.32 Å². The zero-order chi connectivity index (χ0) is 14.8. The molecule has 2 N–H and O–H groups in total. The number of rotatable bonds is 5. The van der Waals surface area contributed by atoms with Crippen molar-refractivity contribution in [1.29, 1.82) is 0 Å². The van der Waals surface area contributed by atoms with E-state index in [1.54, 1.807) is 13.0 Å². The molecule has 1 atom stereocenters. The van der Waals surface area contributed by atoms with E-state index in [1.165, 1.54) is 12.1 Å². The maximum atomic E-state index is 12.3. The molecule has 1 aliphatic rings. The van der Waals surface area contributed by atoms with E-state index in [9.17, 15) is 18.5 Å². The smallest absolute Gasteiger partial charge is 0.289 e.